The number of carbonyl (C=O) groups is 1. The lowest BCUT2D eigenvalue weighted by molar-refractivity contribution is 0.0942. The van der Waals surface area contributed by atoms with Crippen LogP contribution in [0.1, 0.15) is 74.6 Å². The molecule has 8 fully saturated rings. The predicted octanol–water partition coefficient (Wildman–Crippen LogP) is 5.45. The van der Waals surface area contributed by atoms with Gasteiger partial charge in [0.05, 0.1) is 5.69 Å². The number of nitrogens with zero attached hydrogens (tertiary/aromatic N) is 2. The Labute approximate surface area is 190 Å². The standard InChI is InChI=1S/C27H34N4O/c32-27(31-30-26-22-11-17-6-18(13-22)14-23(26)12-17)19-1-3-24(4-2-19)28-29-25-20-7-15-5-16(9-20)10-21(25)8-15/h1-4,15-18,20-23,28H,5-14H2,(H,31,32). The molecule has 1 aromatic rings. The molecule has 0 radical (unpaired) electrons. The van der Waals surface area contributed by atoms with Crippen molar-refractivity contribution in [1.29, 1.82) is 0 Å². The van der Waals surface area contributed by atoms with Gasteiger partial charge < -0.3 is 0 Å². The normalized spacial score (nSPS) is 40.5. The average Bonchev–Trinajstić information content (AvgIpc) is 2.77. The fourth-order valence-corrected chi connectivity index (χ4v) is 8.70. The van der Waals surface area contributed by atoms with Gasteiger partial charge in [0.2, 0.25) is 0 Å². The highest BCUT2D eigenvalue weighted by atomic mass is 16.2. The highest BCUT2D eigenvalue weighted by Gasteiger charge is 2.47. The van der Waals surface area contributed by atoms with Crippen molar-refractivity contribution in [2.45, 2.75) is 64.2 Å². The number of nitrogens with one attached hydrogen (secondary N) is 2. The average molecular weight is 431 g/mol. The third-order valence-electron chi connectivity index (χ3n) is 9.70. The molecule has 5 nitrogen and oxygen atoms in total. The van der Waals surface area contributed by atoms with E-state index in [4.69, 9.17) is 5.10 Å². The number of hydrogen-bond acceptors (Lipinski definition) is 4. The zero-order valence-corrected chi connectivity index (χ0v) is 18.8. The van der Waals surface area contributed by atoms with E-state index in [-0.39, 0.29) is 5.91 Å². The van der Waals surface area contributed by atoms with Crippen LogP contribution in [0.5, 0.6) is 0 Å². The number of hydrogen-bond donors (Lipinski definition) is 2. The van der Waals surface area contributed by atoms with E-state index < -0.39 is 0 Å². The van der Waals surface area contributed by atoms with Gasteiger partial charge in [-0.15, -0.1) is 0 Å². The number of amides is 1. The Morgan fingerprint density at radius 1 is 0.625 bits per heavy atom. The van der Waals surface area contributed by atoms with Crippen LogP contribution in [0, 0.1) is 47.3 Å². The molecule has 2 N–H and O–H groups in total. The van der Waals surface area contributed by atoms with Gasteiger partial charge in [0.25, 0.3) is 5.91 Å². The van der Waals surface area contributed by atoms with Crippen LogP contribution < -0.4 is 10.9 Å². The monoisotopic (exact) mass is 430 g/mol. The zero-order chi connectivity index (χ0) is 21.2. The molecule has 9 rings (SSSR count). The summed E-state index contributed by atoms with van der Waals surface area (Å²) >= 11 is 0. The van der Waals surface area contributed by atoms with Crippen molar-refractivity contribution in [3.8, 4) is 0 Å². The van der Waals surface area contributed by atoms with Crippen LogP contribution in [-0.4, -0.2) is 17.3 Å². The van der Waals surface area contributed by atoms with Crippen LogP contribution in [0.25, 0.3) is 0 Å². The van der Waals surface area contributed by atoms with Gasteiger partial charge in [0.15, 0.2) is 0 Å². The number of carbonyl (C=O) groups excluding carboxylic acids is 1. The lowest BCUT2D eigenvalue weighted by Crippen LogP contribution is -2.46. The molecule has 1 aromatic carbocycles. The molecule has 0 spiro atoms. The lowest BCUT2D eigenvalue weighted by atomic mass is 9.55. The van der Waals surface area contributed by atoms with Crippen LogP contribution in [0.4, 0.5) is 5.69 Å². The molecule has 8 aliphatic rings. The van der Waals surface area contributed by atoms with Crippen molar-refractivity contribution in [2.24, 2.45) is 57.5 Å². The molecule has 0 unspecified atom stereocenters. The number of hydrazone groups is 2. The largest absolute Gasteiger partial charge is 0.279 e. The maximum atomic E-state index is 12.7. The molecule has 0 atom stereocenters. The van der Waals surface area contributed by atoms with Crippen molar-refractivity contribution in [2.75, 3.05) is 5.43 Å². The molecule has 8 saturated carbocycles. The molecule has 1 amide bonds. The third-order valence-corrected chi connectivity index (χ3v) is 9.70. The molecule has 8 bridgehead atoms. The number of rotatable bonds is 4. The molecule has 8 aliphatic carbocycles. The maximum absolute atomic E-state index is 12.7. The van der Waals surface area contributed by atoms with Crippen molar-refractivity contribution in [3.05, 3.63) is 29.8 Å². The van der Waals surface area contributed by atoms with Crippen LogP contribution in [0.2, 0.25) is 0 Å². The van der Waals surface area contributed by atoms with Gasteiger partial charge >= 0.3 is 0 Å². The summed E-state index contributed by atoms with van der Waals surface area (Å²) in [6, 6.07) is 7.69. The predicted molar refractivity (Wildman–Crippen MR) is 126 cm³/mol. The van der Waals surface area contributed by atoms with E-state index in [1.807, 2.05) is 24.3 Å². The van der Waals surface area contributed by atoms with Crippen molar-refractivity contribution in [3.63, 3.8) is 0 Å². The molecule has 168 valence electrons. The summed E-state index contributed by atoms with van der Waals surface area (Å²) in [7, 11) is 0. The first-order valence-electron chi connectivity index (χ1n) is 13.0. The highest BCUT2D eigenvalue weighted by Crippen LogP contribution is 2.53. The first-order chi connectivity index (χ1) is 15.7. The van der Waals surface area contributed by atoms with Gasteiger partial charge in [0.1, 0.15) is 0 Å². The van der Waals surface area contributed by atoms with Crippen LogP contribution in [0.3, 0.4) is 0 Å². The fourth-order valence-electron chi connectivity index (χ4n) is 8.70. The van der Waals surface area contributed by atoms with E-state index in [1.54, 1.807) is 0 Å². The molecule has 0 aromatic heterocycles. The minimum Gasteiger partial charge on any atom is -0.279 e. The minimum atomic E-state index is -0.106. The van der Waals surface area contributed by atoms with Crippen LogP contribution >= 0.6 is 0 Å². The van der Waals surface area contributed by atoms with E-state index in [2.05, 4.69) is 16.0 Å². The summed E-state index contributed by atoms with van der Waals surface area (Å²) in [5.74, 6) is 6.26. The summed E-state index contributed by atoms with van der Waals surface area (Å²) in [5, 5.41) is 9.49. The molecule has 0 aliphatic heterocycles. The van der Waals surface area contributed by atoms with Crippen molar-refractivity contribution in [1.82, 2.24) is 5.43 Å². The van der Waals surface area contributed by atoms with Crippen LogP contribution in [0.15, 0.2) is 34.5 Å². The van der Waals surface area contributed by atoms with E-state index >= 15 is 0 Å². The summed E-state index contributed by atoms with van der Waals surface area (Å²) in [6.45, 7) is 0. The first-order valence-corrected chi connectivity index (χ1v) is 13.0. The molecular formula is C27H34N4O. The van der Waals surface area contributed by atoms with E-state index in [0.717, 1.165) is 29.4 Å². The van der Waals surface area contributed by atoms with Gasteiger partial charge in [-0.05, 0) is 136 Å². The second-order valence-electron chi connectivity index (χ2n) is 11.8. The summed E-state index contributed by atoms with van der Waals surface area (Å²) in [4.78, 5) is 12.7. The van der Waals surface area contributed by atoms with Gasteiger partial charge in [-0.2, -0.15) is 10.2 Å². The second-order valence-corrected chi connectivity index (χ2v) is 11.8. The van der Waals surface area contributed by atoms with Crippen molar-refractivity contribution >= 4 is 23.0 Å². The molecule has 32 heavy (non-hydrogen) atoms. The highest BCUT2D eigenvalue weighted by molar-refractivity contribution is 5.97. The van der Waals surface area contributed by atoms with E-state index in [9.17, 15) is 4.79 Å². The maximum Gasteiger partial charge on any atom is 0.271 e. The van der Waals surface area contributed by atoms with E-state index in [0.29, 0.717) is 29.2 Å². The molecule has 5 heteroatoms. The topological polar surface area (TPSA) is 65.8 Å². The Morgan fingerprint density at radius 3 is 1.53 bits per heavy atom. The fraction of sp³-hybridized carbons (Fsp3) is 0.667. The Morgan fingerprint density at radius 2 is 1.06 bits per heavy atom. The van der Waals surface area contributed by atoms with Gasteiger partial charge in [-0.1, -0.05) is 0 Å². The Bertz CT molecular complexity index is 918. The van der Waals surface area contributed by atoms with E-state index in [1.165, 1.54) is 75.6 Å². The van der Waals surface area contributed by atoms with Gasteiger partial charge in [-0.3, -0.25) is 10.2 Å². The van der Waals surface area contributed by atoms with Gasteiger partial charge in [-0.25, -0.2) is 5.43 Å². The second kappa shape index (κ2) is 7.43. The molecular weight excluding hydrogens is 396 g/mol. The third kappa shape index (κ3) is 3.31. The number of benzene rings is 1. The van der Waals surface area contributed by atoms with Crippen LogP contribution in [-0.2, 0) is 0 Å². The quantitative estimate of drug-likeness (QED) is 0.624. The lowest BCUT2D eigenvalue weighted by Gasteiger charge is -2.50. The Hall–Kier alpha value is -2.17. The van der Waals surface area contributed by atoms with Crippen molar-refractivity contribution < 1.29 is 4.79 Å². The molecule has 0 heterocycles. The summed E-state index contributed by atoms with van der Waals surface area (Å²) in [6.07, 6.45) is 13.4. The zero-order valence-electron chi connectivity index (χ0n) is 18.8. The summed E-state index contributed by atoms with van der Waals surface area (Å²) < 4.78 is 0. The Balaban J connectivity index is 0.992. The Kier molecular flexibility index (Phi) is 4.48. The van der Waals surface area contributed by atoms with Gasteiger partial charge in [0, 0.05) is 17.0 Å². The first kappa shape index (κ1) is 19.3. The minimum absolute atomic E-state index is 0.106. The smallest absolute Gasteiger partial charge is 0.271 e. The molecule has 0 saturated heterocycles. The SMILES string of the molecule is O=C(NN=C1C2CC3CC(C2)CC1C3)c1ccc(NN=C2C3CC4CC(C3)CC2C4)cc1. The number of anilines is 1. The summed E-state index contributed by atoms with van der Waals surface area (Å²) in [5.41, 5.74) is 10.4.